The summed E-state index contributed by atoms with van der Waals surface area (Å²) in [6.07, 6.45) is 1.42. The second kappa shape index (κ2) is 7.92. The molecule has 100 valence electrons. The minimum atomic E-state index is -0.989. The van der Waals surface area contributed by atoms with E-state index in [1.807, 2.05) is 27.7 Å². The molecule has 0 rings (SSSR count). The van der Waals surface area contributed by atoms with Crippen LogP contribution in [0.2, 0.25) is 0 Å². The van der Waals surface area contributed by atoms with Crippen LogP contribution in [-0.4, -0.2) is 29.7 Å². The van der Waals surface area contributed by atoms with Gasteiger partial charge in [-0.25, -0.2) is 9.59 Å². The van der Waals surface area contributed by atoms with Crippen molar-refractivity contribution < 1.29 is 14.7 Å². The van der Waals surface area contributed by atoms with E-state index in [4.69, 9.17) is 5.11 Å². The van der Waals surface area contributed by atoms with Crippen LogP contribution in [0.3, 0.4) is 0 Å². The first-order chi connectivity index (χ1) is 7.86. The standard InChI is InChI=1S/C12H24N2O3/c1-5-9(4)7-13-12(17)14-10(11(15)16)6-8(2)3/h8-10H,5-7H2,1-4H3,(H,15,16)(H2,13,14,17)/t9?,10-/m0/s1. The van der Waals surface area contributed by atoms with Gasteiger partial charge in [0.15, 0.2) is 0 Å². The van der Waals surface area contributed by atoms with E-state index in [2.05, 4.69) is 10.6 Å². The molecule has 0 aliphatic carbocycles. The number of hydrogen-bond donors (Lipinski definition) is 3. The molecule has 3 N–H and O–H groups in total. The highest BCUT2D eigenvalue weighted by molar-refractivity contribution is 5.82. The van der Waals surface area contributed by atoms with Gasteiger partial charge in [0.2, 0.25) is 0 Å². The van der Waals surface area contributed by atoms with Crippen LogP contribution in [0.15, 0.2) is 0 Å². The van der Waals surface area contributed by atoms with E-state index in [1.54, 1.807) is 0 Å². The summed E-state index contributed by atoms with van der Waals surface area (Å²) in [5, 5.41) is 14.1. The molecule has 5 nitrogen and oxygen atoms in total. The Hall–Kier alpha value is -1.26. The molecule has 0 saturated heterocycles. The molecule has 0 aromatic heterocycles. The molecule has 0 aromatic carbocycles. The third-order valence-corrected chi connectivity index (χ3v) is 2.62. The fourth-order valence-corrected chi connectivity index (χ4v) is 1.31. The molecule has 5 heteroatoms. The SMILES string of the molecule is CCC(C)CNC(=O)N[C@@H](CC(C)C)C(=O)O. The number of rotatable bonds is 7. The number of carboxylic acid groups (broad SMARTS) is 1. The Balaban J connectivity index is 4.08. The van der Waals surface area contributed by atoms with Crippen molar-refractivity contribution in [3.8, 4) is 0 Å². The maximum atomic E-state index is 11.5. The van der Waals surface area contributed by atoms with Gasteiger partial charge in [-0.15, -0.1) is 0 Å². The normalized spacial score (nSPS) is 14.2. The van der Waals surface area contributed by atoms with Gasteiger partial charge < -0.3 is 15.7 Å². The number of carbonyl (C=O) groups is 2. The van der Waals surface area contributed by atoms with Crippen LogP contribution in [0.1, 0.15) is 40.5 Å². The van der Waals surface area contributed by atoms with Gasteiger partial charge in [-0.1, -0.05) is 34.1 Å². The highest BCUT2D eigenvalue weighted by atomic mass is 16.4. The van der Waals surface area contributed by atoms with Crippen LogP contribution in [0.5, 0.6) is 0 Å². The van der Waals surface area contributed by atoms with Crippen molar-refractivity contribution in [2.75, 3.05) is 6.54 Å². The molecular weight excluding hydrogens is 220 g/mol. The summed E-state index contributed by atoms with van der Waals surface area (Å²) in [4.78, 5) is 22.4. The van der Waals surface area contributed by atoms with Crippen LogP contribution in [0, 0.1) is 11.8 Å². The molecule has 0 spiro atoms. The van der Waals surface area contributed by atoms with Crippen LogP contribution in [0.25, 0.3) is 0 Å². The van der Waals surface area contributed by atoms with Gasteiger partial charge in [-0.2, -0.15) is 0 Å². The second-order valence-electron chi connectivity index (χ2n) is 4.89. The maximum absolute atomic E-state index is 11.5. The van der Waals surface area contributed by atoms with Gasteiger partial charge in [0.25, 0.3) is 0 Å². The first-order valence-corrected chi connectivity index (χ1v) is 6.13. The molecule has 0 aliphatic rings. The fraction of sp³-hybridized carbons (Fsp3) is 0.833. The highest BCUT2D eigenvalue weighted by Crippen LogP contribution is 2.04. The summed E-state index contributed by atoms with van der Waals surface area (Å²) in [5.74, 6) is -0.363. The number of aliphatic carboxylic acids is 1. The Bertz CT molecular complexity index is 254. The largest absolute Gasteiger partial charge is 0.480 e. The number of amides is 2. The van der Waals surface area contributed by atoms with E-state index >= 15 is 0 Å². The summed E-state index contributed by atoms with van der Waals surface area (Å²) in [6, 6.07) is -1.22. The van der Waals surface area contributed by atoms with Crippen molar-refractivity contribution in [2.24, 2.45) is 11.8 Å². The summed E-state index contributed by atoms with van der Waals surface area (Å²) in [7, 11) is 0. The molecule has 0 fully saturated rings. The van der Waals surface area contributed by atoms with Gasteiger partial charge in [-0.3, -0.25) is 0 Å². The molecule has 0 radical (unpaired) electrons. The van der Waals surface area contributed by atoms with Crippen molar-refractivity contribution in [2.45, 2.75) is 46.6 Å². The van der Waals surface area contributed by atoms with Crippen LogP contribution in [0.4, 0.5) is 4.79 Å². The predicted molar refractivity (Wildman–Crippen MR) is 66.9 cm³/mol. The minimum Gasteiger partial charge on any atom is -0.480 e. The van der Waals surface area contributed by atoms with E-state index in [-0.39, 0.29) is 5.92 Å². The Morgan fingerprint density at radius 2 is 1.82 bits per heavy atom. The molecule has 0 aliphatic heterocycles. The number of carbonyl (C=O) groups excluding carboxylic acids is 1. The van der Waals surface area contributed by atoms with E-state index in [0.29, 0.717) is 18.9 Å². The lowest BCUT2D eigenvalue weighted by molar-refractivity contribution is -0.139. The summed E-state index contributed by atoms with van der Waals surface area (Å²) in [5.41, 5.74) is 0. The highest BCUT2D eigenvalue weighted by Gasteiger charge is 2.20. The average Bonchev–Trinajstić information content (AvgIpc) is 2.24. The zero-order valence-electron chi connectivity index (χ0n) is 11.1. The maximum Gasteiger partial charge on any atom is 0.326 e. The third-order valence-electron chi connectivity index (χ3n) is 2.62. The zero-order valence-corrected chi connectivity index (χ0v) is 11.1. The molecule has 17 heavy (non-hydrogen) atoms. The van der Waals surface area contributed by atoms with Crippen molar-refractivity contribution in [1.29, 1.82) is 0 Å². The lowest BCUT2D eigenvalue weighted by Crippen LogP contribution is -2.47. The van der Waals surface area contributed by atoms with Crippen LogP contribution in [-0.2, 0) is 4.79 Å². The number of carboxylic acids is 1. The van der Waals surface area contributed by atoms with Gasteiger partial charge in [0.1, 0.15) is 6.04 Å². The van der Waals surface area contributed by atoms with E-state index in [9.17, 15) is 9.59 Å². The van der Waals surface area contributed by atoms with E-state index in [1.165, 1.54) is 0 Å². The smallest absolute Gasteiger partial charge is 0.326 e. The summed E-state index contributed by atoms with van der Waals surface area (Å²) in [6.45, 7) is 8.49. The first kappa shape index (κ1) is 15.7. The Labute approximate surface area is 103 Å². The summed E-state index contributed by atoms with van der Waals surface area (Å²) < 4.78 is 0. The molecule has 2 amide bonds. The van der Waals surface area contributed by atoms with Crippen LogP contribution >= 0.6 is 0 Å². The molecule has 0 aromatic rings. The lowest BCUT2D eigenvalue weighted by Gasteiger charge is -2.17. The number of hydrogen-bond acceptors (Lipinski definition) is 2. The summed E-state index contributed by atoms with van der Waals surface area (Å²) >= 11 is 0. The van der Waals surface area contributed by atoms with Crippen molar-refractivity contribution in [3.05, 3.63) is 0 Å². The second-order valence-corrected chi connectivity index (χ2v) is 4.89. The van der Waals surface area contributed by atoms with Crippen LogP contribution < -0.4 is 10.6 Å². The number of nitrogens with one attached hydrogen (secondary N) is 2. The topological polar surface area (TPSA) is 78.4 Å². The quantitative estimate of drug-likeness (QED) is 0.639. The van der Waals surface area contributed by atoms with Crippen molar-refractivity contribution in [3.63, 3.8) is 0 Å². The Morgan fingerprint density at radius 1 is 1.24 bits per heavy atom. The van der Waals surface area contributed by atoms with E-state index in [0.717, 1.165) is 6.42 Å². The van der Waals surface area contributed by atoms with Gasteiger partial charge in [0, 0.05) is 6.54 Å². The zero-order chi connectivity index (χ0) is 13.4. The number of urea groups is 1. The molecule has 0 saturated carbocycles. The molecule has 2 atom stereocenters. The molecular formula is C12H24N2O3. The average molecular weight is 244 g/mol. The fourth-order valence-electron chi connectivity index (χ4n) is 1.31. The van der Waals surface area contributed by atoms with Gasteiger partial charge in [-0.05, 0) is 18.3 Å². The van der Waals surface area contributed by atoms with E-state index < -0.39 is 18.0 Å². The van der Waals surface area contributed by atoms with Gasteiger partial charge >= 0.3 is 12.0 Å². The van der Waals surface area contributed by atoms with Crippen molar-refractivity contribution >= 4 is 12.0 Å². The monoisotopic (exact) mass is 244 g/mol. The Morgan fingerprint density at radius 3 is 2.24 bits per heavy atom. The third kappa shape index (κ3) is 7.60. The van der Waals surface area contributed by atoms with Crippen molar-refractivity contribution in [1.82, 2.24) is 10.6 Å². The predicted octanol–water partition coefficient (Wildman–Crippen LogP) is 1.83. The van der Waals surface area contributed by atoms with Gasteiger partial charge in [0.05, 0.1) is 0 Å². The molecule has 0 bridgehead atoms. The molecule has 1 unspecified atom stereocenters. The lowest BCUT2D eigenvalue weighted by atomic mass is 10.0. The first-order valence-electron chi connectivity index (χ1n) is 6.13. The Kier molecular flexibility index (Phi) is 7.34. The minimum absolute atomic E-state index is 0.228. The molecule has 0 heterocycles.